The molecule has 0 spiro atoms. The molecule has 5 rings (SSSR count). The number of rotatable bonds is 6. The SMILES string of the molecule is CS(=O)(=O)NC1C=CC=C2Oc3ncccc3C(=CCCN3CCC(O)(c4ccc(Cl)cc4)CC3)C=C21. The van der Waals surface area contributed by atoms with Crippen molar-refractivity contribution in [3.63, 3.8) is 0 Å². The van der Waals surface area contributed by atoms with Crippen LogP contribution in [-0.4, -0.2) is 55.3 Å². The Hall–Kier alpha value is -2.75. The van der Waals surface area contributed by atoms with Crippen LogP contribution in [0, 0.1) is 0 Å². The van der Waals surface area contributed by atoms with Crippen molar-refractivity contribution >= 4 is 27.2 Å². The summed E-state index contributed by atoms with van der Waals surface area (Å²) in [7, 11) is -3.43. The highest BCUT2D eigenvalue weighted by Crippen LogP contribution is 2.36. The zero-order valence-electron chi connectivity index (χ0n) is 20.6. The summed E-state index contributed by atoms with van der Waals surface area (Å²) in [5.41, 5.74) is 2.62. The molecule has 1 aliphatic carbocycles. The van der Waals surface area contributed by atoms with Crippen molar-refractivity contribution in [3.05, 3.63) is 100 Å². The van der Waals surface area contributed by atoms with Crippen LogP contribution in [0.3, 0.4) is 0 Å². The zero-order chi connectivity index (χ0) is 26.0. The number of likely N-dealkylation sites (tertiary alicyclic amines) is 1. The molecule has 7 nitrogen and oxygen atoms in total. The number of halogens is 1. The average molecular weight is 540 g/mol. The molecular formula is C28H30ClN3O4S. The predicted molar refractivity (Wildman–Crippen MR) is 146 cm³/mol. The third-order valence-corrected chi connectivity index (χ3v) is 7.92. The molecule has 0 radical (unpaired) electrons. The molecular weight excluding hydrogens is 510 g/mol. The highest BCUT2D eigenvalue weighted by Gasteiger charge is 2.33. The molecule has 0 saturated carbocycles. The summed E-state index contributed by atoms with van der Waals surface area (Å²) in [5.74, 6) is 1.06. The van der Waals surface area contributed by atoms with Crippen molar-refractivity contribution in [2.24, 2.45) is 0 Å². The lowest BCUT2D eigenvalue weighted by molar-refractivity contribution is -0.0254. The Morgan fingerprint density at radius 3 is 2.73 bits per heavy atom. The van der Waals surface area contributed by atoms with E-state index in [1.54, 1.807) is 18.3 Å². The van der Waals surface area contributed by atoms with Gasteiger partial charge in [-0.3, -0.25) is 0 Å². The lowest BCUT2D eigenvalue weighted by Gasteiger charge is -2.38. The molecule has 1 saturated heterocycles. The van der Waals surface area contributed by atoms with Gasteiger partial charge in [0.2, 0.25) is 15.9 Å². The van der Waals surface area contributed by atoms with E-state index < -0.39 is 21.7 Å². The number of hydrogen-bond acceptors (Lipinski definition) is 6. The maximum Gasteiger partial charge on any atom is 0.227 e. The van der Waals surface area contributed by atoms with Gasteiger partial charge in [0.15, 0.2) is 0 Å². The Morgan fingerprint density at radius 1 is 1.24 bits per heavy atom. The van der Waals surface area contributed by atoms with Crippen LogP contribution in [0.25, 0.3) is 5.57 Å². The van der Waals surface area contributed by atoms with Gasteiger partial charge in [-0.25, -0.2) is 18.1 Å². The Labute approximate surface area is 222 Å². The summed E-state index contributed by atoms with van der Waals surface area (Å²) in [6.07, 6.45) is 14.5. The number of nitrogens with zero attached hydrogens (tertiary/aromatic N) is 2. The molecule has 1 atom stereocenters. The van der Waals surface area contributed by atoms with Crippen molar-refractivity contribution in [3.8, 4) is 5.88 Å². The maximum absolute atomic E-state index is 12.0. The van der Waals surface area contributed by atoms with Gasteiger partial charge in [-0.15, -0.1) is 0 Å². The quantitative estimate of drug-likeness (QED) is 0.572. The van der Waals surface area contributed by atoms with E-state index in [9.17, 15) is 13.5 Å². The second-order valence-electron chi connectivity index (χ2n) is 9.67. The van der Waals surface area contributed by atoms with Gasteiger partial charge in [-0.2, -0.15) is 0 Å². The van der Waals surface area contributed by atoms with E-state index in [-0.39, 0.29) is 0 Å². The van der Waals surface area contributed by atoms with Crippen LogP contribution in [0.15, 0.2) is 84.3 Å². The largest absolute Gasteiger partial charge is 0.438 e. The van der Waals surface area contributed by atoms with Gasteiger partial charge in [0.1, 0.15) is 5.76 Å². The first-order chi connectivity index (χ1) is 17.7. The van der Waals surface area contributed by atoms with E-state index in [1.165, 1.54) is 0 Å². The second kappa shape index (κ2) is 10.6. The van der Waals surface area contributed by atoms with Crippen molar-refractivity contribution in [2.45, 2.75) is 30.9 Å². The standard InChI is InChI=1S/C28H30ClN3O4S/c1-37(34,35)31-25-7-2-8-26-24(25)19-20(23-6-3-15-30-27(23)36-26)5-4-16-32-17-13-28(33,14-18-32)21-9-11-22(29)12-10-21/h2-3,5-12,15,19,25,31,33H,4,13-14,16-18H2,1H3. The highest BCUT2D eigenvalue weighted by molar-refractivity contribution is 7.88. The van der Waals surface area contributed by atoms with Gasteiger partial charge < -0.3 is 14.7 Å². The lowest BCUT2D eigenvalue weighted by Crippen LogP contribution is -2.42. The van der Waals surface area contributed by atoms with Crippen LogP contribution in [0.2, 0.25) is 5.02 Å². The van der Waals surface area contributed by atoms with Crippen molar-refractivity contribution in [1.82, 2.24) is 14.6 Å². The lowest BCUT2D eigenvalue weighted by atomic mass is 9.84. The van der Waals surface area contributed by atoms with E-state index in [2.05, 4.69) is 20.7 Å². The molecule has 9 heteroatoms. The molecule has 37 heavy (non-hydrogen) atoms. The molecule has 0 bridgehead atoms. The number of aromatic nitrogens is 1. The average Bonchev–Trinajstić information content (AvgIpc) is 3.02. The number of piperidine rings is 1. The summed E-state index contributed by atoms with van der Waals surface area (Å²) < 4.78 is 32.7. The molecule has 2 aromatic rings. The number of ether oxygens (including phenoxy) is 1. The fourth-order valence-corrected chi connectivity index (χ4v) is 5.80. The number of hydrogen-bond donors (Lipinski definition) is 2. The normalized spacial score (nSPS) is 22.4. The van der Waals surface area contributed by atoms with E-state index in [0.29, 0.717) is 29.5 Å². The third-order valence-electron chi connectivity index (χ3n) is 6.99. The van der Waals surface area contributed by atoms with E-state index in [4.69, 9.17) is 16.3 Å². The van der Waals surface area contributed by atoms with Crippen molar-refractivity contribution in [1.29, 1.82) is 0 Å². The summed E-state index contributed by atoms with van der Waals surface area (Å²) in [4.78, 5) is 6.78. The summed E-state index contributed by atoms with van der Waals surface area (Å²) in [6.45, 7) is 2.43. The topological polar surface area (TPSA) is 91.8 Å². The fourth-order valence-electron chi connectivity index (χ4n) is 5.00. The number of fused-ring (bicyclic) bond motifs is 2. The molecule has 0 amide bonds. The molecule has 2 aliphatic heterocycles. The first-order valence-corrected chi connectivity index (χ1v) is 14.6. The molecule has 3 aliphatic rings. The van der Waals surface area contributed by atoms with E-state index in [1.807, 2.05) is 48.6 Å². The number of pyridine rings is 1. The molecule has 2 N–H and O–H groups in total. The Kier molecular flexibility index (Phi) is 7.38. The Balaban J connectivity index is 1.31. The van der Waals surface area contributed by atoms with E-state index >= 15 is 0 Å². The number of sulfonamides is 1. The minimum absolute atomic E-state index is 0.491. The molecule has 3 heterocycles. The monoisotopic (exact) mass is 539 g/mol. The minimum atomic E-state index is -3.43. The molecule has 194 valence electrons. The van der Waals surface area contributed by atoms with Crippen LogP contribution in [-0.2, 0) is 15.6 Å². The first-order valence-electron chi connectivity index (χ1n) is 12.3. The predicted octanol–water partition coefficient (Wildman–Crippen LogP) is 4.18. The Morgan fingerprint density at radius 2 is 2.00 bits per heavy atom. The van der Waals surface area contributed by atoms with Crippen LogP contribution in [0.1, 0.15) is 30.4 Å². The maximum atomic E-state index is 12.0. The number of allylic oxidation sites excluding steroid dienone is 4. The zero-order valence-corrected chi connectivity index (χ0v) is 22.2. The molecule has 1 aromatic heterocycles. The highest BCUT2D eigenvalue weighted by atomic mass is 35.5. The molecule has 1 unspecified atom stereocenters. The minimum Gasteiger partial charge on any atom is -0.438 e. The first kappa shape index (κ1) is 25.9. The second-order valence-corrected chi connectivity index (χ2v) is 11.9. The van der Waals surface area contributed by atoms with Crippen LogP contribution >= 0.6 is 11.6 Å². The summed E-state index contributed by atoms with van der Waals surface area (Å²) in [6, 6.07) is 10.8. The smallest absolute Gasteiger partial charge is 0.227 e. The van der Waals surface area contributed by atoms with Gasteiger partial charge in [-0.05, 0) is 66.8 Å². The van der Waals surface area contributed by atoms with Crippen LogP contribution < -0.4 is 9.46 Å². The fraction of sp³-hybridized carbons (Fsp3) is 0.321. The van der Waals surface area contributed by atoms with Crippen molar-refractivity contribution in [2.75, 3.05) is 25.9 Å². The van der Waals surface area contributed by atoms with Gasteiger partial charge >= 0.3 is 0 Å². The summed E-state index contributed by atoms with van der Waals surface area (Å²) in [5, 5.41) is 11.8. The van der Waals surface area contributed by atoms with Gasteiger partial charge in [0.25, 0.3) is 0 Å². The third kappa shape index (κ3) is 6.05. The molecule has 1 fully saturated rings. The summed E-state index contributed by atoms with van der Waals surface area (Å²) >= 11 is 6.01. The van der Waals surface area contributed by atoms with E-state index in [0.717, 1.165) is 54.6 Å². The number of aliphatic hydroxyl groups is 1. The van der Waals surface area contributed by atoms with Gasteiger partial charge in [0, 0.05) is 42.0 Å². The molecule has 1 aromatic carbocycles. The van der Waals surface area contributed by atoms with Gasteiger partial charge in [-0.1, -0.05) is 42.0 Å². The number of nitrogens with one attached hydrogen (secondary N) is 1. The van der Waals surface area contributed by atoms with Gasteiger partial charge in [0.05, 0.1) is 17.9 Å². The number of benzene rings is 1. The van der Waals surface area contributed by atoms with Crippen LogP contribution in [0.4, 0.5) is 0 Å². The van der Waals surface area contributed by atoms with Crippen LogP contribution in [0.5, 0.6) is 5.88 Å². The van der Waals surface area contributed by atoms with Crippen molar-refractivity contribution < 1.29 is 18.3 Å². The Bertz CT molecular complexity index is 1390.